The van der Waals surface area contributed by atoms with Crippen LogP contribution in [0.1, 0.15) is 58.8 Å². The average molecular weight is 253 g/mol. The van der Waals surface area contributed by atoms with Crippen LogP contribution >= 0.6 is 0 Å². The van der Waals surface area contributed by atoms with E-state index in [1.807, 2.05) is 0 Å². The predicted octanol–water partition coefficient (Wildman–Crippen LogP) is 3.30. The standard InChI is InChI=1S/C16H31NO/c1-3-15-6-10-17(11-7-15)12-16(13-18)8-4-14(2)5-9-16/h14-15,18H,3-13H2,1-2H3. The Kier molecular flexibility index (Phi) is 5.08. The molecule has 1 saturated heterocycles. The molecule has 2 nitrogen and oxygen atoms in total. The highest BCUT2D eigenvalue weighted by Crippen LogP contribution is 2.39. The number of aliphatic hydroxyl groups excluding tert-OH is 1. The fraction of sp³-hybridized carbons (Fsp3) is 1.00. The molecule has 2 heteroatoms. The van der Waals surface area contributed by atoms with E-state index in [-0.39, 0.29) is 5.41 Å². The van der Waals surface area contributed by atoms with Gasteiger partial charge in [-0.3, -0.25) is 0 Å². The van der Waals surface area contributed by atoms with Crippen LogP contribution in [0.4, 0.5) is 0 Å². The molecule has 0 atom stereocenters. The van der Waals surface area contributed by atoms with Crippen molar-refractivity contribution in [2.45, 2.75) is 58.8 Å². The van der Waals surface area contributed by atoms with E-state index in [9.17, 15) is 5.11 Å². The van der Waals surface area contributed by atoms with Gasteiger partial charge in [-0.05, 0) is 50.6 Å². The molecular formula is C16H31NO. The number of aliphatic hydroxyl groups is 1. The van der Waals surface area contributed by atoms with Gasteiger partial charge in [-0.2, -0.15) is 0 Å². The fourth-order valence-electron chi connectivity index (χ4n) is 3.77. The minimum Gasteiger partial charge on any atom is -0.396 e. The predicted molar refractivity (Wildman–Crippen MR) is 76.6 cm³/mol. The Morgan fingerprint density at radius 3 is 2.22 bits per heavy atom. The molecule has 1 heterocycles. The fourth-order valence-corrected chi connectivity index (χ4v) is 3.77. The van der Waals surface area contributed by atoms with Gasteiger partial charge in [0.05, 0.1) is 0 Å². The van der Waals surface area contributed by atoms with Crippen molar-refractivity contribution in [3.05, 3.63) is 0 Å². The lowest BCUT2D eigenvalue weighted by atomic mass is 9.71. The highest BCUT2D eigenvalue weighted by atomic mass is 16.3. The Labute approximate surface area is 113 Å². The maximum Gasteiger partial charge on any atom is 0.0499 e. The van der Waals surface area contributed by atoms with Crippen LogP contribution in [0.15, 0.2) is 0 Å². The SMILES string of the molecule is CCC1CCN(CC2(CO)CCC(C)CC2)CC1. The molecule has 1 saturated carbocycles. The minimum absolute atomic E-state index is 0.228. The Balaban J connectivity index is 1.83. The Morgan fingerprint density at radius 1 is 1.11 bits per heavy atom. The summed E-state index contributed by atoms with van der Waals surface area (Å²) < 4.78 is 0. The molecule has 0 unspecified atom stereocenters. The molecule has 0 aromatic heterocycles. The van der Waals surface area contributed by atoms with Crippen molar-refractivity contribution in [1.82, 2.24) is 4.90 Å². The van der Waals surface area contributed by atoms with Crippen LogP contribution < -0.4 is 0 Å². The molecule has 0 aromatic carbocycles. The van der Waals surface area contributed by atoms with Crippen molar-refractivity contribution in [2.75, 3.05) is 26.2 Å². The maximum absolute atomic E-state index is 9.83. The summed E-state index contributed by atoms with van der Waals surface area (Å²) in [4.78, 5) is 2.62. The summed E-state index contributed by atoms with van der Waals surface area (Å²) in [5.74, 6) is 1.83. The van der Waals surface area contributed by atoms with Crippen molar-refractivity contribution >= 4 is 0 Å². The summed E-state index contributed by atoms with van der Waals surface area (Å²) in [5.41, 5.74) is 0.228. The van der Waals surface area contributed by atoms with Crippen LogP contribution in [-0.4, -0.2) is 36.2 Å². The number of rotatable bonds is 4. The summed E-state index contributed by atoms with van der Waals surface area (Å²) >= 11 is 0. The first-order valence-corrected chi connectivity index (χ1v) is 8.00. The normalized spacial score (nSPS) is 35.8. The maximum atomic E-state index is 9.83. The molecule has 2 rings (SSSR count). The molecule has 2 fully saturated rings. The topological polar surface area (TPSA) is 23.5 Å². The number of nitrogens with zero attached hydrogens (tertiary/aromatic N) is 1. The first-order valence-electron chi connectivity index (χ1n) is 8.00. The van der Waals surface area contributed by atoms with Gasteiger partial charge in [0.2, 0.25) is 0 Å². The number of likely N-dealkylation sites (tertiary alicyclic amines) is 1. The van der Waals surface area contributed by atoms with Gasteiger partial charge < -0.3 is 10.0 Å². The average Bonchev–Trinajstić information content (AvgIpc) is 2.43. The van der Waals surface area contributed by atoms with Gasteiger partial charge in [-0.1, -0.05) is 33.1 Å². The lowest BCUT2D eigenvalue weighted by Crippen LogP contribution is -2.45. The minimum atomic E-state index is 0.228. The second-order valence-electron chi connectivity index (χ2n) is 6.97. The van der Waals surface area contributed by atoms with Crippen LogP contribution in [0.25, 0.3) is 0 Å². The van der Waals surface area contributed by atoms with Crippen LogP contribution in [0, 0.1) is 17.3 Å². The third kappa shape index (κ3) is 3.48. The summed E-state index contributed by atoms with van der Waals surface area (Å²) in [6.07, 6.45) is 9.17. The van der Waals surface area contributed by atoms with E-state index in [0.29, 0.717) is 6.61 Å². The second-order valence-corrected chi connectivity index (χ2v) is 6.97. The van der Waals surface area contributed by atoms with Gasteiger partial charge in [0, 0.05) is 18.6 Å². The van der Waals surface area contributed by atoms with Crippen molar-refractivity contribution in [3.63, 3.8) is 0 Å². The van der Waals surface area contributed by atoms with Crippen molar-refractivity contribution in [3.8, 4) is 0 Å². The summed E-state index contributed by atoms with van der Waals surface area (Å²) in [6, 6.07) is 0. The third-order valence-electron chi connectivity index (χ3n) is 5.51. The molecule has 0 radical (unpaired) electrons. The molecule has 1 aliphatic heterocycles. The third-order valence-corrected chi connectivity index (χ3v) is 5.51. The molecule has 0 spiro atoms. The van der Waals surface area contributed by atoms with Gasteiger partial charge in [-0.15, -0.1) is 0 Å². The van der Waals surface area contributed by atoms with Crippen LogP contribution in [0.2, 0.25) is 0 Å². The van der Waals surface area contributed by atoms with Crippen LogP contribution in [-0.2, 0) is 0 Å². The molecule has 1 aliphatic carbocycles. The molecule has 18 heavy (non-hydrogen) atoms. The smallest absolute Gasteiger partial charge is 0.0499 e. The molecule has 1 N–H and O–H groups in total. The summed E-state index contributed by atoms with van der Waals surface area (Å²) in [5, 5.41) is 9.83. The molecule has 2 aliphatic rings. The summed E-state index contributed by atoms with van der Waals surface area (Å²) in [6.45, 7) is 8.73. The zero-order chi connectivity index (χ0) is 13.0. The van der Waals surface area contributed by atoms with Crippen molar-refractivity contribution < 1.29 is 5.11 Å². The van der Waals surface area contributed by atoms with Gasteiger partial charge in [0.1, 0.15) is 0 Å². The van der Waals surface area contributed by atoms with Gasteiger partial charge in [0.15, 0.2) is 0 Å². The van der Waals surface area contributed by atoms with E-state index >= 15 is 0 Å². The van der Waals surface area contributed by atoms with Crippen LogP contribution in [0.3, 0.4) is 0 Å². The van der Waals surface area contributed by atoms with E-state index in [1.54, 1.807) is 0 Å². The largest absolute Gasteiger partial charge is 0.396 e. The Morgan fingerprint density at radius 2 is 1.72 bits per heavy atom. The summed E-state index contributed by atoms with van der Waals surface area (Å²) in [7, 11) is 0. The molecule has 0 amide bonds. The lowest BCUT2D eigenvalue weighted by Gasteiger charge is -2.43. The quantitative estimate of drug-likeness (QED) is 0.831. The van der Waals surface area contributed by atoms with Gasteiger partial charge in [0.25, 0.3) is 0 Å². The number of piperidine rings is 1. The molecule has 0 aromatic rings. The van der Waals surface area contributed by atoms with E-state index in [0.717, 1.165) is 18.4 Å². The van der Waals surface area contributed by atoms with E-state index < -0.39 is 0 Å². The monoisotopic (exact) mass is 253 g/mol. The Bertz CT molecular complexity index is 237. The number of hydrogen-bond donors (Lipinski definition) is 1. The van der Waals surface area contributed by atoms with Crippen LogP contribution in [0.5, 0.6) is 0 Å². The molecule has 106 valence electrons. The van der Waals surface area contributed by atoms with Crippen molar-refractivity contribution in [2.24, 2.45) is 17.3 Å². The van der Waals surface area contributed by atoms with Gasteiger partial charge in [-0.25, -0.2) is 0 Å². The van der Waals surface area contributed by atoms with E-state index in [4.69, 9.17) is 0 Å². The first-order chi connectivity index (χ1) is 8.67. The molecular weight excluding hydrogens is 222 g/mol. The molecule has 0 bridgehead atoms. The van der Waals surface area contributed by atoms with Crippen molar-refractivity contribution in [1.29, 1.82) is 0 Å². The zero-order valence-electron chi connectivity index (χ0n) is 12.3. The highest BCUT2D eigenvalue weighted by molar-refractivity contribution is 4.88. The van der Waals surface area contributed by atoms with E-state index in [2.05, 4.69) is 18.7 Å². The lowest BCUT2D eigenvalue weighted by molar-refractivity contribution is 0.0188. The Hall–Kier alpha value is -0.0800. The van der Waals surface area contributed by atoms with E-state index in [1.165, 1.54) is 58.0 Å². The van der Waals surface area contributed by atoms with Gasteiger partial charge >= 0.3 is 0 Å². The number of hydrogen-bond acceptors (Lipinski definition) is 2. The first kappa shape index (κ1) is 14.3. The second kappa shape index (κ2) is 6.38. The zero-order valence-corrected chi connectivity index (χ0v) is 12.3. The highest BCUT2D eigenvalue weighted by Gasteiger charge is 2.35.